The molecular formula is C42H72O13. The number of hydrogen-bond acceptors (Lipinski definition) is 13. The Morgan fingerprint density at radius 1 is 0.727 bits per heavy atom. The summed E-state index contributed by atoms with van der Waals surface area (Å²) in [4.78, 5) is 0. The molecule has 318 valence electrons. The van der Waals surface area contributed by atoms with Crippen LogP contribution in [-0.4, -0.2) is 138 Å². The van der Waals surface area contributed by atoms with Crippen LogP contribution in [0.2, 0.25) is 0 Å². The first-order valence-electron chi connectivity index (χ1n) is 20.9. The molecular weight excluding hydrogens is 712 g/mol. The average Bonchev–Trinajstić information content (AvgIpc) is 3.50. The van der Waals surface area contributed by atoms with E-state index in [0.717, 1.165) is 38.5 Å². The highest BCUT2D eigenvalue weighted by Gasteiger charge is 2.72. The molecule has 2 saturated heterocycles. The van der Waals surface area contributed by atoms with E-state index in [0.29, 0.717) is 19.3 Å². The minimum Gasteiger partial charge on any atom is -0.394 e. The molecule has 0 bridgehead atoms. The molecule has 4 aliphatic carbocycles. The summed E-state index contributed by atoms with van der Waals surface area (Å²) in [6, 6.07) is 0. The molecule has 13 heteroatoms. The normalized spacial score (nSPS) is 52.0. The van der Waals surface area contributed by atoms with Gasteiger partial charge in [-0.2, -0.15) is 0 Å². The van der Waals surface area contributed by atoms with Crippen LogP contribution in [0.4, 0.5) is 0 Å². The van der Waals surface area contributed by atoms with Crippen molar-refractivity contribution in [2.24, 2.45) is 45.3 Å². The number of aliphatic hydroxyl groups is 9. The van der Waals surface area contributed by atoms with Crippen molar-refractivity contribution in [2.75, 3.05) is 13.2 Å². The zero-order chi connectivity index (χ0) is 40.6. The average molecular weight is 785 g/mol. The Kier molecular flexibility index (Phi) is 12.5. The van der Waals surface area contributed by atoms with Gasteiger partial charge in [-0.15, -0.1) is 0 Å². The Labute approximate surface area is 327 Å². The smallest absolute Gasteiger partial charge is 0.187 e. The standard InChI is InChI=1S/C42H72O13/c1-21(2)10-9-15-41(7,55-37-35(51)33(49)31(47)25(20-44)53-37)23-13-17-40(6)22(23)11-12-26-39(5)16-14-29(38(3,4)27(39)18-28(45)42(26,40)8)54-36-34(50)32(48)30(46)24(19-43)52-36/h10,22-37,43-51H,9,11-20H2,1-8H3/t22-,23+,24-,25-,26-,27+,28+,29+,30-,31-,32+,33+,34-,35-,36+,37+,39-,40-,41+,42+/m1/s1. The molecule has 55 heavy (non-hydrogen) atoms. The molecule has 20 atom stereocenters. The van der Waals surface area contributed by atoms with E-state index < -0.39 is 97.2 Å². The van der Waals surface area contributed by atoms with Crippen molar-refractivity contribution >= 4 is 0 Å². The summed E-state index contributed by atoms with van der Waals surface area (Å²) in [7, 11) is 0. The summed E-state index contributed by atoms with van der Waals surface area (Å²) in [6.07, 6.45) is -5.34. The number of hydrogen-bond donors (Lipinski definition) is 9. The Bertz CT molecular complexity index is 1370. The van der Waals surface area contributed by atoms with Crippen molar-refractivity contribution in [1.82, 2.24) is 0 Å². The van der Waals surface area contributed by atoms with Gasteiger partial charge in [0.05, 0.1) is 31.0 Å². The van der Waals surface area contributed by atoms with Crippen LogP contribution in [0.5, 0.6) is 0 Å². The van der Waals surface area contributed by atoms with E-state index in [1.54, 1.807) is 0 Å². The van der Waals surface area contributed by atoms with E-state index in [1.807, 2.05) is 0 Å². The quantitative estimate of drug-likeness (QED) is 0.115. The van der Waals surface area contributed by atoms with Gasteiger partial charge in [0.15, 0.2) is 12.6 Å². The summed E-state index contributed by atoms with van der Waals surface area (Å²) >= 11 is 0. The Morgan fingerprint density at radius 3 is 1.89 bits per heavy atom. The van der Waals surface area contributed by atoms with Gasteiger partial charge in [-0.3, -0.25) is 0 Å². The second-order valence-corrected chi connectivity index (χ2v) is 20.0. The minimum atomic E-state index is -1.53. The van der Waals surface area contributed by atoms with E-state index in [-0.39, 0.29) is 40.6 Å². The van der Waals surface area contributed by atoms with Crippen LogP contribution in [0.3, 0.4) is 0 Å². The van der Waals surface area contributed by atoms with E-state index in [4.69, 9.17) is 18.9 Å². The summed E-state index contributed by atoms with van der Waals surface area (Å²) in [5.74, 6) is 0.497. The maximum Gasteiger partial charge on any atom is 0.187 e. The van der Waals surface area contributed by atoms with Gasteiger partial charge in [0, 0.05) is 5.41 Å². The first-order valence-corrected chi connectivity index (χ1v) is 20.9. The lowest BCUT2D eigenvalue weighted by Gasteiger charge is -2.71. The van der Waals surface area contributed by atoms with Crippen molar-refractivity contribution < 1.29 is 64.9 Å². The summed E-state index contributed by atoms with van der Waals surface area (Å²) in [5.41, 5.74) is -0.882. The van der Waals surface area contributed by atoms with Crippen molar-refractivity contribution in [3.05, 3.63) is 11.6 Å². The highest BCUT2D eigenvalue weighted by atomic mass is 16.7. The molecule has 0 aromatic heterocycles. The number of ether oxygens (including phenoxy) is 4. The van der Waals surface area contributed by atoms with Crippen LogP contribution in [0, 0.1) is 45.3 Å². The van der Waals surface area contributed by atoms with Crippen molar-refractivity contribution in [1.29, 1.82) is 0 Å². The predicted molar refractivity (Wildman–Crippen MR) is 201 cm³/mol. The van der Waals surface area contributed by atoms with Gasteiger partial charge >= 0.3 is 0 Å². The van der Waals surface area contributed by atoms with E-state index in [1.165, 1.54) is 5.57 Å². The third-order valence-corrected chi connectivity index (χ3v) is 16.8. The molecule has 2 heterocycles. The summed E-state index contributed by atoms with van der Waals surface area (Å²) in [6.45, 7) is 16.5. The summed E-state index contributed by atoms with van der Waals surface area (Å²) in [5, 5.41) is 96.0. The van der Waals surface area contributed by atoms with E-state index >= 15 is 0 Å². The van der Waals surface area contributed by atoms with Gasteiger partial charge in [0.2, 0.25) is 0 Å². The lowest BCUT2D eigenvalue weighted by atomic mass is 9.34. The minimum absolute atomic E-state index is 0.0463. The fourth-order valence-corrected chi connectivity index (χ4v) is 13.4. The Morgan fingerprint density at radius 2 is 1.31 bits per heavy atom. The molecule has 0 spiro atoms. The molecule has 9 N–H and O–H groups in total. The lowest BCUT2D eigenvalue weighted by Crippen LogP contribution is -2.69. The van der Waals surface area contributed by atoms with Gasteiger partial charge in [-0.1, -0.05) is 46.3 Å². The van der Waals surface area contributed by atoms with Crippen LogP contribution in [0.25, 0.3) is 0 Å². The highest BCUT2D eigenvalue weighted by Crippen LogP contribution is 2.76. The van der Waals surface area contributed by atoms with Crippen LogP contribution in [0.1, 0.15) is 113 Å². The lowest BCUT2D eigenvalue weighted by molar-refractivity contribution is -0.338. The van der Waals surface area contributed by atoms with Crippen molar-refractivity contribution in [3.8, 4) is 0 Å². The molecule has 2 aliphatic heterocycles. The zero-order valence-corrected chi connectivity index (χ0v) is 34.3. The van der Waals surface area contributed by atoms with E-state index in [2.05, 4.69) is 61.5 Å². The molecule has 13 nitrogen and oxygen atoms in total. The topological polar surface area (TPSA) is 219 Å². The Hall–Kier alpha value is -0.780. The van der Waals surface area contributed by atoms with Gasteiger partial charge in [0.1, 0.15) is 48.8 Å². The van der Waals surface area contributed by atoms with Crippen LogP contribution < -0.4 is 0 Å². The van der Waals surface area contributed by atoms with Crippen molar-refractivity contribution in [2.45, 2.75) is 192 Å². The number of rotatable bonds is 10. The molecule has 6 rings (SSSR count). The SMILES string of the molecule is CC(C)=CCC[C@](C)(O[C@@H]1O[C@H](CO)[C@@H](O)[C@H](O)[C@H]1O)[C@H]1CC[C@]2(C)[C@@H]1CC[C@@H]1[C@@]3(C)CC[C@H](O[C@@H]4O[C@H](CO)[C@@H](O)[C@H](O)[C@H]4O)C(C)(C)[C@@H]3C[C@H](O)[C@]12C. The molecule has 0 unspecified atom stereocenters. The molecule has 6 aliphatic rings. The maximum absolute atomic E-state index is 12.6. The second-order valence-electron chi connectivity index (χ2n) is 20.0. The molecule has 0 aromatic carbocycles. The molecule has 0 aromatic rings. The number of fused-ring (bicyclic) bond motifs is 5. The number of aliphatic hydroxyl groups excluding tert-OH is 9. The van der Waals surface area contributed by atoms with Crippen LogP contribution in [0.15, 0.2) is 11.6 Å². The monoisotopic (exact) mass is 784 g/mol. The van der Waals surface area contributed by atoms with Gasteiger partial charge in [-0.25, -0.2) is 0 Å². The third-order valence-electron chi connectivity index (χ3n) is 16.8. The van der Waals surface area contributed by atoms with Crippen molar-refractivity contribution in [3.63, 3.8) is 0 Å². The molecule has 0 radical (unpaired) electrons. The van der Waals surface area contributed by atoms with Crippen LogP contribution >= 0.6 is 0 Å². The molecule has 0 amide bonds. The second kappa shape index (κ2) is 15.7. The molecule has 6 fully saturated rings. The first-order chi connectivity index (χ1) is 25.6. The summed E-state index contributed by atoms with van der Waals surface area (Å²) < 4.78 is 25.0. The van der Waals surface area contributed by atoms with Gasteiger partial charge < -0.3 is 64.9 Å². The van der Waals surface area contributed by atoms with Gasteiger partial charge in [-0.05, 0) is 118 Å². The highest BCUT2D eigenvalue weighted by molar-refractivity contribution is 5.21. The van der Waals surface area contributed by atoms with E-state index in [9.17, 15) is 46.0 Å². The van der Waals surface area contributed by atoms with Gasteiger partial charge in [0.25, 0.3) is 0 Å². The Balaban J connectivity index is 1.26. The first kappa shape index (κ1) is 43.8. The fraction of sp³-hybridized carbons (Fsp3) is 0.952. The largest absolute Gasteiger partial charge is 0.394 e. The van der Waals surface area contributed by atoms with Crippen LogP contribution in [-0.2, 0) is 18.9 Å². The number of allylic oxidation sites excluding steroid dienone is 2. The zero-order valence-electron chi connectivity index (χ0n) is 34.3. The maximum atomic E-state index is 12.6. The fourth-order valence-electron chi connectivity index (χ4n) is 13.4. The predicted octanol–water partition coefficient (Wildman–Crippen LogP) is 2.15. The third kappa shape index (κ3) is 7.00. The molecule has 4 saturated carbocycles.